The number of fused-ring (bicyclic) bond motifs is 6. The number of nitrogens with zero attached hydrogens (tertiary/aromatic N) is 1. The predicted octanol–water partition coefficient (Wildman–Crippen LogP) is 12.3. The first kappa shape index (κ1) is 25.4. The van der Waals surface area contributed by atoms with Gasteiger partial charge < -0.3 is 13.7 Å². The van der Waals surface area contributed by atoms with Crippen molar-refractivity contribution in [3.63, 3.8) is 0 Å². The highest BCUT2D eigenvalue weighted by molar-refractivity contribution is 6.11. The van der Waals surface area contributed by atoms with Gasteiger partial charge in [0.25, 0.3) is 0 Å². The van der Waals surface area contributed by atoms with Crippen LogP contribution >= 0.6 is 0 Å². The largest absolute Gasteiger partial charge is 0.456 e. The smallest absolute Gasteiger partial charge is 0.159 e. The summed E-state index contributed by atoms with van der Waals surface area (Å²) in [5.41, 5.74) is 11.3. The Morgan fingerprint density at radius 3 is 1.56 bits per heavy atom. The van der Waals surface area contributed by atoms with E-state index in [1.54, 1.807) is 0 Å². The lowest BCUT2D eigenvalue weighted by atomic mass is 10.00. The predicted molar refractivity (Wildman–Crippen MR) is 187 cm³/mol. The van der Waals surface area contributed by atoms with Crippen LogP contribution in [0.15, 0.2) is 173 Å². The van der Waals surface area contributed by atoms with Crippen LogP contribution in [-0.4, -0.2) is 0 Å². The first-order valence-corrected chi connectivity index (χ1v) is 15.2. The number of hydrogen-bond donors (Lipinski definition) is 0. The molecular formula is C42H27NO2. The van der Waals surface area contributed by atoms with E-state index in [1.807, 2.05) is 30.3 Å². The number of benzene rings is 7. The van der Waals surface area contributed by atoms with Crippen molar-refractivity contribution in [3.05, 3.63) is 164 Å². The normalized spacial score (nSPS) is 11.6. The first-order valence-electron chi connectivity index (χ1n) is 15.2. The average Bonchev–Trinajstić information content (AvgIpc) is 3.68. The molecule has 2 aromatic heterocycles. The molecule has 0 aliphatic carbocycles. The molecule has 3 nitrogen and oxygen atoms in total. The summed E-state index contributed by atoms with van der Waals surface area (Å²) >= 11 is 0. The summed E-state index contributed by atoms with van der Waals surface area (Å²) < 4.78 is 12.7. The Balaban J connectivity index is 1.19. The fourth-order valence-electron chi connectivity index (χ4n) is 6.48. The third-order valence-corrected chi connectivity index (χ3v) is 8.69. The van der Waals surface area contributed by atoms with Crippen molar-refractivity contribution < 1.29 is 8.83 Å². The fraction of sp³-hybridized carbons (Fsp3) is 0. The summed E-state index contributed by atoms with van der Waals surface area (Å²) in [5.74, 6) is 0. The minimum absolute atomic E-state index is 0.858. The second kappa shape index (κ2) is 10.3. The molecule has 0 radical (unpaired) electrons. The highest BCUT2D eigenvalue weighted by Gasteiger charge is 2.20. The number of para-hydroxylation sites is 3. The van der Waals surface area contributed by atoms with Gasteiger partial charge in [-0.05, 0) is 70.8 Å². The van der Waals surface area contributed by atoms with E-state index < -0.39 is 0 Å². The van der Waals surface area contributed by atoms with Gasteiger partial charge in [-0.1, -0.05) is 115 Å². The number of anilines is 3. The summed E-state index contributed by atoms with van der Waals surface area (Å²) in [6.45, 7) is 0. The van der Waals surface area contributed by atoms with Gasteiger partial charge >= 0.3 is 0 Å². The second-order valence-corrected chi connectivity index (χ2v) is 11.4. The number of hydrogen-bond acceptors (Lipinski definition) is 3. The Morgan fingerprint density at radius 1 is 0.333 bits per heavy atom. The van der Waals surface area contributed by atoms with Crippen molar-refractivity contribution in [1.29, 1.82) is 0 Å². The molecule has 9 aromatic rings. The Morgan fingerprint density at radius 2 is 0.844 bits per heavy atom. The SMILES string of the molecule is c1ccc(-c2ccc(-c3ccc(N(c4ccc5oc6ccccc6c5c4)c4cccc5c4oc4ccccc45)cc3)cc2)cc1. The highest BCUT2D eigenvalue weighted by atomic mass is 16.3. The van der Waals surface area contributed by atoms with Gasteiger partial charge in [0.2, 0.25) is 0 Å². The molecule has 7 aromatic carbocycles. The Hall–Kier alpha value is -6.06. The lowest BCUT2D eigenvalue weighted by molar-refractivity contribution is 0.669. The van der Waals surface area contributed by atoms with Crippen LogP contribution in [0.3, 0.4) is 0 Å². The molecule has 45 heavy (non-hydrogen) atoms. The Bertz CT molecular complexity index is 2470. The van der Waals surface area contributed by atoms with E-state index in [2.05, 4.69) is 138 Å². The van der Waals surface area contributed by atoms with Crippen molar-refractivity contribution >= 4 is 60.9 Å². The van der Waals surface area contributed by atoms with Crippen molar-refractivity contribution in [2.45, 2.75) is 0 Å². The minimum Gasteiger partial charge on any atom is -0.456 e. The highest BCUT2D eigenvalue weighted by Crippen LogP contribution is 2.44. The van der Waals surface area contributed by atoms with Crippen LogP contribution in [0.1, 0.15) is 0 Å². The maximum Gasteiger partial charge on any atom is 0.159 e. The third kappa shape index (κ3) is 4.29. The molecule has 0 spiro atoms. The molecule has 0 aliphatic heterocycles. The number of rotatable bonds is 5. The third-order valence-electron chi connectivity index (χ3n) is 8.69. The summed E-state index contributed by atoms with van der Waals surface area (Å²) in [6.07, 6.45) is 0. The zero-order valence-corrected chi connectivity index (χ0v) is 24.4. The van der Waals surface area contributed by atoms with Crippen LogP contribution in [0, 0.1) is 0 Å². The van der Waals surface area contributed by atoms with Crippen molar-refractivity contribution in [3.8, 4) is 22.3 Å². The standard InChI is InChI=1S/C42H27NO2/c1-2-9-28(10-3-1)29-17-19-30(20-18-29)31-21-23-32(24-22-31)43(33-25-26-41-37(27-33)35-12-5-6-15-39(35)44-41)38-14-8-13-36-34-11-4-7-16-40(34)45-42(36)38/h1-27H. The molecule has 0 saturated heterocycles. The molecular weight excluding hydrogens is 550 g/mol. The van der Waals surface area contributed by atoms with Gasteiger partial charge in [-0.2, -0.15) is 0 Å². The lowest BCUT2D eigenvalue weighted by Gasteiger charge is -2.26. The maximum atomic E-state index is 6.53. The van der Waals surface area contributed by atoms with Crippen molar-refractivity contribution in [1.82, 2.24) is 0 Å². The van der Waals surface area contributed by atoms with Crippen LogP contribution in [0.4, 0.5) is 17.1 Å². The van der Waals surface area contributed by atoms with E-state index in [-0.39, 0.29) is 0 Å². The van der Waals surface area contributed by atoms with E-state index in [1.165, 1.54) is 16.7 Å². The quantitative estimate of drug-likeness (QED) is 0.204. The van der Waals surface area contributed by atoms with Gasteiger partial charge in [-0.15, -0.1) is 0 Å². The van der Waals surface area contributed by atoms with Crippen LogP contribution in [0.25, 0.3) is 66.1 Å². The van der Waals surface area contributed by atoms with Crippen LogP contribution < -0.4 is 4.90 Å². The van der Waals surface area contributed by atoms with Crippen molar-refractivity contribution in [2.75, 3.05) is 4.90 Å². The molecule has 2 heterocycles. The number of furan rings is 2. The van der Waals surface area contributed by atoms with E-state index in [0.717, 1.165) is 66.5 Å². The minimum atomic E-state index is 0.858. The molecule has 0 amide bonds. The van der Waals surface area contributed by atoms with Gasteiger partial charge in [0.05, 0.1) is 5.69 Å². The summed E-state index contributed by atoms with van der Waals surface area (Å²) in [7, 11) is 0. The summed E-state index contributed by atoms with van der Waals surface area (Å²) in [5, 5.41) is 4.39. The first-order chi connectivity index (χ1) is 22.3. The van der Waals surface area contributed by atoms with Crippen LogP contribution in [0.2, 0.25) is 0 Å². The molecule has 0 N–H and O–H groups in total. The van der Waals surface area contributed by atoms with Gasteiger partial charge in [0.1, 0.15) is 16.7 Å². The topological polar surface area (TPSA) is 29.5 Å². The van der Waals surface area contributed by atoms with E-state index in [4.69, 9.17) is 8.83 Å². The summed E-state index contributed by atoms with van der Waals surface area (Å²) in [6, 6.07) is 57.3. The Labute approximate surface area is 260 Å². The molecule has 0 atom stereocenters. The van der Waals surface area contributed by atoms with Gasteiger partial charge in [-0.3, -0.25) is 0 Å². The molecule has 0 saturated carbocycles. The lowest BCUT2D eigenvalue weighted by Crippen LogP contribution is -2.10. The average molecular weight is 578 g/mol. The van der Waals surface area contributed by atoms with Gasteiger partial charge in [0.15, 0.2) is 5.58 Å². The summed E-state index contributed by atoms with van der Waals surface area (Å²) in [4.78, 5) is 2.29. The van der Waals surface area contributed by atoms with E-state index in [0.29, 0.717) is 0 Å². The van der Waals surface area contributed by atoms with Crippen molar-refractivity contribution in [2.24, 2.45) is 0 Å². The molecule has 0 aliphatic rings. The van der Waals surface area contributed by atoms with Crippen LogP contribution in [-0.2, 0) is 0 Å². The maximum absolute atomic E-state index is 6.53. The molecule has 212 valence electrons. The molecule has 0 unspecified atom stereocenters. The second-order valence-electron chi connectivity index (χ2n) is 11.4. The van der Waals surface area contributed by atoms with Crippen LogP contribution in [0.5, 0.6) is 0 Å². The van der Waals surface area contributed by atoms with E-state index >= 15 is 0 Å². The van der Waals surface area contributed by atoms with E-state index in [9.17, 15) is 0 Å². The molecule has 0 bridgehead atoms. The zero-order chi connectivity index (χ0) is 29.7. The monoisotopic (exact) mass is 577 g/mol. The molecule has 9 rings (SSSR count). The molecule has 0 fully saturated rings. The van der Waals surface area contributed by atoms with Gasteiger partial charge in [0, 0.05) is 32.9 Å². The Kier molecular flexibility index (Phi) is 5.82. The molecule has 3 heteroatoms. The van der Waals surface area contributed by atoms with Gasteiger partial charge in [-0.25, -0.2) is 0 Å². The fourth-order valence-corrected chi connectivity index (χ4v) is 6.48. The zero-order valence-electron chi connectivity index (χ0n) is 24.4.